The summed E-state index contributed by atoms with van der Waals surface area (Å²) < 4.78 is 5.00. The number of aromatic nitrogens is 3. The van der Waals surface area contributed by atoms with Crippen LogP contribution in [0.3, 0.4) is 0 Å². The van der Waals surface area contributed by atoms with Gasteiger partial charge in [0.15, 0.2) is 5.82 Å². The first kappa shape index (κ1) is 22.4. The van der Waals surface area contributed by atoms with Crippen LogP contribution in [-0.4, -0.2) is 14.5 Å². The Morgan fingerprint density at radius 3 is 2.05 bits per heavy atom. The lowest BCUT2D eigenvalue weighted by molar-refractivity contribution is 1.09. The van der Waals surface area contributed by atoms with Crippen molar-refractivity contribution in [1.29, 1.82) is 0 Å². The molecule has 0 fully saturated rings. The SMILES string of the molecule is c1ccc2c(c1)-c1nc3ccccc3nc1-n1c3ccc(-c4ccc5sc6ccccc6c5c4)cc3c3cccc-2c31. The maximum Gasteiger partial charge on any atom is 0.165 e. The summed E-state index contributed by atoms with van der Waals surface area (Å²) in [6, 6.07) is 45.9. The summed E-state index contributed by atoms with van der Waals surface area (Å²) >= 11 is 1.86. The van der Waals surface area contributed by atoms with Crippen molar-refractivity contribution in [3.05, 3.63) is 127 Å². The molecule has 0 bridgehead atoms. The quantitative estimate of drug-likeness (QED) is 0.203. The molecule has 42 heavy (non-hydrogen) atoms. The van der Waals surface area contributed by atoms with Gasteiger partial charge in [-0.1, -0.05) is 84.9 Å². The van der Waals surface area contributed by atoms with Crippen LogP contribution in [0.25, 0.3) is 92.3 Å². The van der Waals surface area contributed by atoms with Gasteiger partial charge in [-0.2, -0.15) is 0 Å². The molecule has 0 saturated heterocycles. The third kappa shape index (κ3) is 2.94. The molecule has 10 rings (SSSR count). The van der Waals surface area contributed by atoms with Crippen molar-refractivity contribution in [3.63, 3.8) is 0 Å². The largest absolute Gasteiger partial charge is 0.291 e. The standard InChI is InChI=1S/C38H21N3S/c1-2-10-26-24(8-1)27-11-7-12-28-29-20-22(23-17-19-35-30(21-23)25-9-3-6-15-34(25)42-35)16-18-33(29)41(37(27)28)38-36(26)39-31-13-4-5-14-32(31)40-38/h1-21H. The van der Waals surface area contributed by atoms with E-state index in [0.29, 0.717) is 0 Å². The normalized spacial score (nSPS) is 12.3. The Morgan fingerprint density at radius 2 is 1.14 bits per heavy atom. The fourth-order valence-electron chi connectivity index (χ4n) is 6.84. The zero-order chi connectivity index (χ0) is 27.4. The molecule has 0 N–H and O–H groups in total. The first-order valence-electron chi connectivity index (χ1n) is 14.2. The summed E-state index contributed by atoms with van der Waals surface area (Å²) in [6.07, 6.45) is 0. The second-order valence-corrected chi connectivity index (χ2v) is 12.1. The number of nitrogens with zero attached hydrogens (tertiary/aromatic N) is 3. The molecule has 1 aliphatic rings. The molecule has 0 unspecified atom stereocenters. The first-order chi connectivity index (χ1) is 20.8. The van der Waals surface area contributed by atoms with E-state index in [0.717, 1.165) is 33.6 Å². The van der Waals surface area contributed by atoms with Crippen molar-refractivity contribution in [1.82, 2.24) is 14.5 Å². The van der Waals surface area contributed by atoms with Crippen LogP contribution in [0, 0.1) is 0 Å². The number of fused-ring (bicyclic) bond motifs is 12. The summed E-state index contributed by atoms with van der Waals surface area (Å²) in [7, 11) is 0. The predicted octanol–water partition coefficient (Wildman–Crippen LogP) is 10.4. The maximum atomic E-state index is 5.26. The van der Waals surface area contributed by atoms with Crippen molar-refractivity contribution in [2.45, 2.75) is 0 Å². The van der Waals surface area contributed by atoms with E-state index in [1.165, 1.54) is 58.7 Å². The van der Waals surface area contributed by atoms with Gasteiger partial charge in [0.05, 0.1) is 22.1 Å². The molecule has 0 amide bonds. The third-order valence-electron chi connectivity index (χ3n) is 8.73. The highest BCUT2D eigenvalue weighted by Gasteiger charge is 2.26. The lowest BCUT2D eigenvalue weighted by Gasteiger charge is -2.12. The average Bonchev–Trinajstić information content (AvgIpc) is 3.55. The number of hydrogen-bond donors (Lipinski definition) is 0. The van der Waals surface area contributed by atoms with E-state index < -0.39 is 0 Å². The fourth-order valence-corrected chi connectivity index (χ4v) is 7.93. The molecule has 3 aromatic heterocycles. The Morgan fingerprint density at radius 1 is 0.476 bits per heavy atom. The Labute approximate surface area is 245 Å². The molecular weight excluding hydrogens is 531 g/mol. The van der Waals surface area contributed by atoms with Gasteiger partial charge in [0.2, 0.25) is 0 Å². The summed E-state index contributed by atoms with van der Waals surface area (Å²) in [5.74, 6) is 0.880. The van der Waals surface area contributed by atoms with Crippen LogP contribution in [0.1, 0.15) is 0 Å². The number of hydrogen-bond acceptors (Lipinski definition) is 3. The van der Waals surface area contributed by atoms with Crippen LogP contribution in [0.4, 0.5) is 0 Å². The third-order valence-corrected chi connectivity index (χ3v) is 9.89. The van der Waals surface area contributed by atoms with Crippen LogP contribution in [0.5, 0.6) is 0 Å². The van der Waals surface area contributed by atoms with Crippen molar-refractivity contribution < 1.29 is 0 Å². The van der Waals surface area contributed by atoms with Crippen molar-refractivity contribution >= 4 is 64.3 Å². The summed E-state index contributed by atoms with van der Waals surface area (Å²) in [6.45, 7) is 0. The maximum absolute atomic E-state index is 5.26. The van der Waals surface area contributed by atoms with Gasteiger partial charge < -0.3 is 0 Å². The van der Waals surface area contributed by atoms with E-state index >= 15 is 0 Å². The minimum absolute atomic E-state index is 0.880. The van der Waals surface area contributed by atoms with E-state index in [1.54, 1.807) is 0 Å². The van der Waals surface area contributed by atoms with Crippen LogP contribution in [0.15, 0.2) is 127 Å². The Kier molecular flexibility index (Phi) is 4.33. The van der Waals surface area contributed by atoms with Gasteiger partial charge in [0, 0.05) is 42.1 Å². The second kappa shape index (κ2) is 8.12. The van der Waals surface area contributed by atoms with Crippen LogP contribution >= 0.6 is 11.3 Å². The smallest absolute Gasteiger partial charge is 0.165 e. The number of para-hydroxylation sites is 3. The van der Waals surface area contributed by atoms with E-state index in [2.05, 4.69) is 114 Å². The predicted molar refractivity (Wildman–Crippen MR) is 177 cm³/mol. The second-order valence-electron chi connectivity index (χ2n) is 11.0. The molecule has 0 atom stereocenters. The Hall–Kier alpha value is -5.32. The molecule has 0 aliphatic carbocycles. The van der Waals surface area contributed by atoms with Gasteiger partial charge in [-0.3, -0.25) is 4.57 Å². The molecule has 9 aromatic rings. The van der Waals surface area contributed by atoms with Crippen LogP contribution in [-0.2, 0) is 0 Å². The summed E-state index contributed by atoms with van der Waals surface area (Å²) in [5.41, 5.74) is 11.0. The summed E-state index contributed by atoms with van der Waals surface area (Å²) in [5, 5.41) is 5.09. The van der Waals surface area contributed by atoms with Gasteiger partial charge in [0.1, 0.15) is 5.69 Å². The van der Waals surface area contributed by atoms with Gasteiger partial charge in [0.25, 0.3) is 0 Å². The molecule has 0 spiro atoms. The van der Waals surface area contributed by atoms with Gasteiger partial charge in [-0.15, -0.1) is 11.3 Å². The van der Waals surface area contributed by atoms with Gasteiger partial charge >= 0.3 is 0 Å². The van der Waals surface area contributed by atoms with Gasteiger partial charge in [-0.05, 0) is 59.2 Å². The van der Waals surface area contributed by atoms with Crippen molar-refractivity contribution in [2.75, 3.05) is 0 Å². The van der Waals surface area contributed by atoms with E-state index in [-0.39, 0.29) is 0 Å². The lowest BCUT2D eigenvalue weighted by Crippen LogP contribution is -2.02. The van der Waals surface area contributed by atoms with Crippen molar-refractivity contribution in [2.24, 2.45) is 0 Å². The minimum atomic E-state index is 0.880. The topological polar surface area (TPSA) is 30.7 Å². The van der Waals surface area contributed by atoms with Crippen LogP contribution < -0.4 is 0 Å². The Bertz CT molecular complexity index is 2590. The number of thiophene rings is 1. The minimum Gasteiger partial charge on any atom is -0.291 e. The molecule has 4 heteroatoms. The highest BCUT2D eigenvalue weighted by Crippen LogP contribution is 2.46. The van der Waals surface area contributed by atoms with Gasteiger partial charge in [-0.25, -0.2) is 9.97 Å². The molecule has 0 saturated carbocycles. The molecule has 194 valence electrons. The molecule has 0 radical (unpaired) electrons. The fraction of sp³-hybridized carbons (Fsp3) is 0. The lowest BCUT2D eigenvalue weighted by atomic mass is 9.96. The molecule has 1 aliphatic heterocycles. The molecular formula is C38H21N3S. The van der Waals surface area contributed by atoms with Crippen molar-refractivity contribution in [3.8, 4) is 39.3 Å². The van der Waals surface area contributed by atoms with E-state index in [9.17, 15) is 0 Å². The molecule has 6 aromatic carbocycles. The monoisotopic (exact) mass is 551 g/mol. The molecule has 4 heterocycles. The van der Waals surface area contributed by atoms with E-state index in [4.69, 9.17) is 9.97 Å². The highest BCUT2D eigenvalue weighted by atomic mass is 32.1. The Balaban J connectivity index is 1.30. The molecule has 3 nitrogen and oxygen atoms in total. The summed E-state index contributed by atoms with van der Waals surface area (Å²) in [4.78, 5) is 10.5. The first-order valence-corrected chi connectivity index (χ1v) is 15.0. The zero-order valence-electron chi connectivity index (χ0n) is 22.4. The van der Waals surface area contributed by atoms with E-state index in [1.807, 2.05) is 29.5 Å². The van der Waals surface area contributed by atoms with Crippen LogP contribution in [0.2, 0.25) is 0 Å². The highest BCUT2D eigenvalue weighted by molar-refractivity contribution is 7.25. The zero-order valence-corrected chi connectivity index (χ0v) is 23.2. The number of benzene rings is 6. The average molecular weight is 552 g/mol. The number of rotatable bonds is 1.